The molecular weight excluding hydrogens is 228 g/mol. The molecule has 2 amide bonds. The molecule has 4 heteroatoms. The Labute approximate surface area is 108 Å². The molecule has 1 aromatic carbocycles. The van der Waals surface area contributed by atoms with Crippen molar-refractivity contribution in [2.75, 3.05) is 13.6 Å². The van der Waals surface area contributed by atoms with Crippen LogP contribution in [0.4, 0.5) is 0 Å². The van der Waals surface area contributed by atoms with Crippen molar-refractivity contribution in [2.24, 2.45) is 0 Å². The van der Waals surface area contributed by atoms with E-state index in [0.717, 1.165) is 12.0 Å². The molecule has 1 N–H and O–H groups in total. The number of likely N-dealkylation sites (N-methyl/N-ethyl adjacent to an activating group) is 1. The van der Waals surface area contributed by atoms with E-state index in [4.69, 9.17) is 0 Å². The number of nitrogens with one attached hydrogen (secondary N) is 1. The van der Waals surface area contributed by atoms with Gasteiger partial charge in [0.1, 0.15) is 0 Å². The summed E-state index contributed by atoms with van der Waals surface area (Å²) in [7, 11) is 1.47. The number of benzene rings is 1. The zero-order chi connectivity index (χ0) is 13.5. The van der Waals surface area contributed by atoms with Crippen molar-refractivity contribution in [3.63, 3.8) is 0 Å². The molecule has 1 aliphatic rings. The zero-order valence-electron chi connectivity index (χ0n) is 11.2. The average Bonchev–Trinajstić information content (AvgIpc) is 2.47. The minimum atomic E-state index is -0.542. The molecule has 2 rings (SSSR count). The molecule has 0 saturated heterocycles. The highest BCUT2D eigenvalue weighted by Crippen LogP contribution is 2.18. The van der Waals surface area contributed by atoms with Crippen molar-refractivity contribution < 1.29 is 9.59 Å². The highest BCUT2D eigenvalue weighted by atomic mass is 16.2. The molecule has 4 nitrogen and oxygen atoms in total. The maximum atomic E-state index is 11.7. The first-order valence-corrected chi connectivity index (χ1v) is 6.30. The van der Waals surface area contributed by atoms with Crippen molar-refractivity contribution in [2.45, 2.75) is 26.8 Å². The largest absolute Gasteiger partial charge is 0.351 e. The maximum Gasteiger partial charge on any atom is 0.312 e. The summed E-state index contributed by atoms with van der Waals surface area (Å²) < 4.78 is 0. The molecule has 0 fully saturated rings. The first kappa shape index (κ1) is 14.2. The summed E-state index contributed by atoms with van der Waals surface area (Å²) in [5.74, 6) is -0.989. The fourth-order valence-electron chi connectivity index (χ4n) is 1.92. The molecule has 0 aliphatic carbocycles. The Morgan fingerprint density at radius 1 is 1.17 bits per heavy atom. The van der Waals surface area contributed by atoms with Crippen LogP contribution in [-0.4, -0.2) is 30.3 Å². The van der Waals surface area contributed by atoms with Crippen molar-refractivity contribution in [1.82, 2.24) is 10.2 Å². The van der Waals surface area contributed by atoms with Gasteiger partial charge >= 0.3 is 11.8 Å². The van der Waals surface area contributed by atoms with E-state index in [1.807, 2.05) is 32.0 Å². The van der Waals surface area contributed by atoms with Crippen molar-refractivity contribution in [3.8, 4) is 0 Å². The van der Waals surface area contributed by atoms with E-state index in [9.17, 15) is 9.59 Å². The Morgan fingerprint density at radius 2 is 1.78 bits per heavy atom. The summed E-state index contributed by atoms with van der Waals surface area (Å²) in [6.07, 6.45) is 0.818. The predicted molar refractivity (Wildman–Crippen MR) is 71.0 cm³/mol. The van der Waals surface area contributed by atoms with Crippen LogP contribution >= 0.6 is 0 Å². The van der Waals surface area contributed by atoms with Gasteiger partial charge in [0.15, 0.2) is 0 Å². The van der Waals surface area contributed by atoms with Gasteiger partial charge in [0, 0.05) is 20.1 Å². The average molecular weight is 248 g/mol. The SMILES string of the molecule is CC.CNC(=O)C(=O)N1CCc2ccccc2C1. The number of carbonyl (C=O) groups is 2. The number of hydrogen-bond donors (Lipinski definition) is 1. The lowest BCUT2D eigenvalue weighted by Crippen LogP contribution is -2.44. The Hall–Kier alpha value is -1.84. The van der Waals surface area contributed by atoms with Gasteiger partial charge in [0.05, 0.1) is 0 Å². The van der Waals surface area contributed by atoms with Crippen molar-refractivity contribution >= 4 is 11.8 Å². The van der Waals surface area contributed by atoms with Crippen LogP contribution in [0.3, 0.4) is 0 Å². The van der Waals surface area contributed by atoms with E-state index in [0.29, 0.717) is 13.1 Å². The lowest BCUT2D eigenvalue weighted by atomic mass is 10.00. The smallest absolute Gasteiger partial charge is 0.312 e. The molecule has 1 aliphatic heterocycles. The molecule has 0 spiro atoms. The van der Waals surface area contributed by atoms with Crippen LogP contribution in [0.2, 0.25) is 0 Å². The molecule has 1 heterocycles. The third kappa shape index (κ3) is 3.09. The lowest BCUT2D eigenvalue weighted by molar-refractivity contribution is -0.146. The summed E-state index contributed by atoms with van der Waals surface area (Å²) >= 11 is 0. The summed E-state index contributed by atoms with van der Waals surface area (Å²) in [6.45, 7) is 5.14. The molecule has 0 atom stereocenters. The summed E-state index contributed by atoms with van der Waals surface area (Å²) in [5, 5.41) is 2.36. The summed E-state index contributed by atoms with van der Waals surface area (Å²) in [6, 6.07) is 8.01. The van der Waals surface area contributed by atoms with Gasteiger partial charge in [-0.15, -0.1) is 0 Å². The number of nitrogens with zero attached hydrogens (tertiary/aromatic N) is 1. The van der Waals surface area contributed by atoms with Crippen LogP contribution < -0.4 is 5.32 Å². The van der Waals surface area contributed by atoms with Gasteiger partial charge < -0.3 is 10.2 Å². The highest BCUT2D eigenvalue weighted by Gasteiger charge is 2.24. The van der Waals surface area contributed by atoms with Gasteiger partial charge in [0.2, 0.25) is 0 Å². The van der Waals surface area contributed by atoms with Crippen molar-refractivity contribution in [3.05, 3.63) is 35.4 Å². The van der Waals surface area contributed by atoms with Crippen LogP contribution in [0.1, 0.15) is 25.0 Å². The first-order valence-electron chi connectivity index (χ1n) is 6.30. The van der Waals surface area contributed by atoms with Gasteiger partial charge in [-0.2, -0.15) is 0 Å². The Bertz CT molecular complexity index is 430. The topological polar surface area (TPSA) is 49.4 Å². The third-order valence-corrected chi connectivity index (χ3v) is 2.84. The zero-order valence-corrected chi connectivity index (χ0v) is 11.2. The second-order valence-corrected chi connectivity index (χ2v) is 3.82. The van der Waals surface area contributed by atoms with Crippen LogP contribution in [0.5, 0.6) is 0 Å². The number of fused-ring (bicyclic) bond motifs is 1. The Kier molecular flexibility index (Phi) is 5.36. The van der Waals surface area contributed by atoms with Crippen LogP contribution in [0.15, 0.2) is 24.3 Å². The van der Waals surface area contributed by atoms with Crippen LogP contribution in [0, 0.1) is 0 Å². The number of amides is 2. The maximum absolute atomic E-state index is 11.7. The predicted octanol–water partition coefficient (Wildman–Crippen LogP) is 1.34. The lowest BCUT2D eigenvalue weighted by Gasteiger charge is -2.28. The summed E-state index contributed by atoms with van der Waals surface area (Å²) in [4.78, 5) is 24.5. The standard InChI is InChI=1S/C12H14N2O2.C2H6/c1-13-11(15)12(16)14-7-6-9-4-2-3-5-10(9)8-14;1-2/h2-5H,6-8H2,1H3,(H,13,15);1-2H3. The van der Waals surface area contributed by atoms with Gasteiger partial charge in [-0.05, 0) is 17.5 Å². The van der Waals surface area contributed by atoms with E-state index in [1.165, 1.54) is 12.6 Å². The molecule has 0 bridgehead atoms. The third-order valence-electron chi connectivity index (χ3n) is 2.84. The molecule has 0 saturated carbocycles. The van der Waals surface area contributed by atoms with Crippen LogP contribution in [0.25, 0.3) is 0 Å². The molecule has 98 valence electrons. The molecule has 1 aromatic rings. The van der Waals surface area contributed by atoms with Gasteiger partial charge in [-0.25, -0.2) is 0 Å². The van der Waals surface area contributed by atoms with E-state index in [-0.39, 0.29) is 0 Å². The van der Waals surface area contributed by atoms with Crippen molar-refractivity contribution in [1.29, 1.82) is 0 Å². The highest BCUT2D eigenvalue weighted by molar-refractivity contribution is 6.34. The van der Waals surface area contributed by atoms with Gasteiger partial charge in [-0.1, -0.05) is 38.1 Å². The van der Waals surface area contributed by atoms with E-state index >= 15 is 0 Å². The normalized spacial score (nSPS) is 12.9. The van der Waals surface area contributed by atoms with Crippen LogP contribution in [-0.2, 0) is 22.6 Å². The second kappa shape index (κ2) is 6.79. The molecule has 0 unspecified atom stereocenters. The quantitative estimate of drug-likeness (QED) is 0.704. The minimum absolute atomic E-state index is 0.447. The molecular formula is C14H20N2O2. The Morgan fingerprint density at radius 3 is 2.39 bits per heavy atom. The molecule has 0 aromatic heterocycles. The first-order chi connectivity index (χ1) is 8.72. The minimum Gasteiger partial charge on any atom is -0.351 e. The molecule has 0 radical (unpaired) electrons. The van der Waals surface area contributed by atoms with Gasteiger partial charge in [0.25, 0.3) is 0 Å². The van der Waals surface area contributed by atoms with Gasteiger partial charge in [-0.3, -0.25) is 9.59 Å². The number of rotatable bonds is 0. The summed E-state index contributed by atoms with van der Waals surface area (Å²) in [5.41, 5.74) is 2.40. The monoisotopic (exact) mass is 248 g/mol. The Balaban J connectivity index is 0.000000771. The van der Waals surface area contributed by atoms with E-state index in [1.54, 1.807) is 4.90 Å². The number of hydrogen-bond acceptors (Lipinski definition) is 2. The second-order valence-electron chi connectivity index (χ2n) is 3.82. The van der Waals surface area contributed by atoms with E-state index < -0.39 is 11.8 Å². The van der Waals surface area contributed by atoms with E-state index in [2.05, 4.69) is 11.4 Å². The fraction of sp³-hybridized carbons (Fsp3) is 0.429. The fourth-order valence-corrected chi connectivity index (χ4v) is 1.92. The number of carbonyl (C=O) groups excluding carboxylic acids is 2. The molecule has 18 heavy (non-hydrogen) atoms.